The molecule has 1 aromatic carbocycles. The van der Waals surface area contributed by atoms with Crippen molar-refractivity contribution >= 4 is 34.7 Å². The van der Waals surface area contributed by atoms with E-state index in [-0.39, 0.29) is 6.04 Å². The highest BCUT2D eigenvalue weighted by molar-refractivity contribution is 5.85. The molecule has 1 aliphatic heterocycles. The Kier molecular flexibility index (Phi) is 5.20. The van der Waals surface area contributed by atoms with Crippen LogP contribution in [0.4, 0.5) is 10.5 Å². The third-order valence-electron chi connectivity index (χ3n) is 6.86. The van der Waals surface area contributed by atoms with E-state index in [1.54, 1.807) is 30.7 Å². The first kappa shape index (κ1) is 20.9. The summed E-state index contributed by atoms with van der Waals surface area (Å²) in [6, 6.07) is 10.9. The summed E-state index contributed by atoms with van der Waals surface area (Å²) < 4.78 is 0. The maximum absolute atomic E-state index is 13.0. The first-order chi connectivity index (χ1) is 16.0. The van der Waals surface area contributed by atoms with Crippen LogP contribution in [0.3, 0.4) is 0 Å². The fourth-order valence-electron chi connectivity index (χ4n) is 5.36. The number of carboxylic acid groups (broad SMARTS) is 1. The van der Waals surface area contributed by atoms with Crippen LogP contribution in [-0.2, 0) is 4.79 Å². The van der Waals surface area contributed by atoms with Gasteiger partial charge in [-0.1, -0.05) is 24.6 Å². The van der Waals surface area contributed by atoms with E-state index >= 15 is 0 Å². The quantitative estimate of drug-likeness (QED) is 0.557. The number of aromatic nitrogens is 2. The standard InChI is InChI=1S/C25H25N5O3/c26-23(31)25(22-20-7-10-27-14-17(20)8-11-30(22)24(32)33)9-3-5-18(13-25)29-19-12-16-4-1-2-6-21(16)28-15-19/h1-2,4,6-8,10-12,14-15,18,22,29H,3,5,9,13H2,(H2,26,31)(H,32,33). The van der Waals surface area contributed by atoms with Crippen molar-refractivity contribution in [2.75, 3.05) is 5.32 Å². The second-order valence-electron chi connectivity index (χ2n) is 8.79. The van der Waals surface area contributed by atoms with Crippen molar-refractivity contribution in [1.82, 2.24) is 14.9 Å². The molecule has 8 nitrogen and oxygen atoms in total. The number of hydrogen-bond acceptors (Lipinski definition) is 5. The third-order valence-corrected chi connectivity index (χ3v) is 6.86. The van der Waals surface area contributed by atoms with Crippen molar-refractivity contribution in [3.63, 3.8) is 0 Å². The Hall–Kier alpha value is -3.94. The summed E-state index contributed by atoms with van der Waals surface area (Å²) in [6.07, 6.45) is 9.72. The van der Waals surface area contributed by atoms with Crippen molar-refractivity contribution in [3.8, 4) is 0 Å². The Labute approximate surface area is 191 Å². The van der Waals surface area contributed by atoms with Gasteiger partial charge in [-0.25, -0.2) is 4.79 Å². The van der Waals surface area contributed by atoms with Crippen LogP contribution in [0.25, 0.3) is 17.0 Å². The minimum absolute atomic E-state index is 0.0546. The van der Waals surface area contributed by atoms with Crippen molar-refractivity contribution < 1.29 is 14.7 Å². The highest BCUT2D eigenvalue weighted by atomic mass is 16.4. The third kappa shape index (κ3) is 3.67. The SMILES string of the molecule is NC(=O)C1(C2c3ccncc3C=CN2C(=O)O)CCCC(Nc2cnc3ccccc3c2)C1. The fourth-order valence-corrected chi connectivity index (χ4v) is 5.36. The average Bonchev–Trinajstić information content (AvgIpc) is 2.83. The molecule has 2 amide bonds. The predicted octanol–water partition coefficient (Wildman–Crippen LogP) is 4.16. The second kappa shape index (κ2) is 8.20. The summed E-state index contributed by atoms with van der Waals surface area (Å²) in [5, 5.41) is 14.5. The first-order valence-corrected chi connectivity index (χ1v) is 11.0. The van der Waals surface area contributed by atoms with E-state index in [9.17, 15) is 14.7 Å². The van der Waals surface area contributed by atoms with Crippen LogP contribution in [0.1, 0.15) is 42.9 Å². The molecule has 3 aromatic rings. The van der Waals surface area contributed by atoms with Crippen molar-refractivity contribution in [1.29, 1.82) is 0 Å². The van der Waals surface area contributed by atoms with E-state index in [0.717, 1.165) is 40.6 Å². The summed E-state index contributed by atoms with van der Waals surface area (Å²) in [5.41, 5.74) is 8.31. The molecule has 168 valence electrons. The number of nitrogens with two attached hydrogens (primary N) is 1. The van der Waals surface area contributed by atoms with Crippen LogP contribution in [-0.4, -0.2) is 38.0 Å². The zero-order valence-corrected chi connectivity index (χ0v) is 18.0. The minimum atomic E-state index is -1.12. The molecule has 3 atom stereocenters. The number of hydrogen-bond donors (Lipinski definition) is 3. The molecule has 0 bridgehead atoms. The number of carbonyl (C=O) groups excluding carboxylic acids is 1. The van der Waals surface area contributed by atoms with Gasteiger partial charge < -0.3 is 16.2 Å². The van der Waals surface area contributed by atoms with Crippen LogP contribution in [0.2, 0.25) is 0 Å². The first-order valence-electron chi connectivity index (χ1n) is 11.0. The molecule has 3 unspecified atom stereocenters. The Morgan fingerprint density at radius 3 is 2.88 bits per heavy atom. The summed E-state index contributed by atoms with van der Waals surface area (Å²) >= 11 is 0. The maximum atomic E-state index is 13.0. The molecule has 2 aliphatic rings. The van der Waals surface area contributed by atoms with Crippen molar-refractivity contribution in [2.24, 2.45) is 11.1 Å². The predicted molar refractivity (Wildman–Crippen MR) is 125 cm³/mol. The molecule has 8 heteroatoms. The molecule has 5 rings (SSSR count). The number of benzene rings is 1. The molecule has 0 spiro atoms. The Balaban J connectivity index is 1.50. The molecular weight excluding hydrogens is 418 g/mol. The van der Waals surface area contributed by atoms with Gasteiger partial charge in [0, 0.05) is 30.0 Å². The lowest BCUT2D eigenvalue weighted by atomic mass is 9.64. The number of primary amides is 1. The zero-order chi connectivity index (χ0) is 23.0. The van der Waals surface area contributed by atoms with Crippen LogP contribution in [0, 0.1) is 5.41 Å². The summed E-state index contributed by atoms with van der Waals surface area (Å²) in [5.74, 6) is -0.486. The molecule has 0 saturated heterocycles. The molecular formula is C25H25N5O3. The molecule has 2 aromatic heterocycles. The zero-order valence-electron chi connectivity index (χ0n) is 18.0. The van der Waals surface area contributed by atoms with E-state index in [2.05, 4.69) is 15.3 Å². The normalized spacial score (nSPS) is 24.3. The number of amides is 2. The van der Waals surface area contributed by atoms with E-state index < -0.39 is 23.5 Å². The Bertz CT molecular complexity index is 1260. The highest BCUT2D eigenvalue weighted by Gasteiger charge is 2.52. The van der Waals surface area contributed by atoms with E-state index in [1.165, 1.54) is 11.1 Å². The van der Waals surface area contributed by atoms with Gasteiger partial charge in [0.1, 0.15) is 0 Å². The van der Waals surface area contributed by atoms with Gasteiger partial charge in [0.25, 0.3) is 0 Å². The van der Waals surface area contributed by atoms with Gasteiger partial charge in [-0.2, -0.15) is 0 Å². The molecule has 33 heavy (non-hydrogen) atoms. The van der Waals surface area contributed by atoms with Gasteiger partial charge in [0.15, 0.2) is 0 Å². The van der Waals surface area contributed by atoms with Gasteiger partial charge in [0.2, 0.25) is 5.91 Å². The van der Waals surface area contributed by atoms with Gasteiger partial charge >= 0.3 is 6.09 Å². The van der Waals surface area contributed by atoms with Crippen LogP contribution in [0.5, 0.6) is 0 Å². The lowest BCUT2D eigenvalue weighted by Gasteiger charge is -2.48. The molecule has 4 N–H and O–H groups in total. The van der Waals surface area contributed by atoms with Crippen LogP contribution in [0.15, 0.2) is 61.2 Å². The number of rotatable bonds is 4. The fraction of sp³-hybridized carbons (Fsp3) is 0.280. The lowest BCUT2D eigenvalue weighted by Crippen LogP contribution is -2.53. The van der Waals surface area contributed by atoms with Crippen molar-refractivity contribution in [3.05, 3.63) is 72.3 Å². The monoisotopic (exact) mass is 443 g/mol. The molecule has 3 heterocycles. The number of nitrogens with zero attached hydrogens (tertiary/aromatic N) is 3. The van der Waals surface area contributed by atoms with Crippen LogP contribution < -0.4 is 11.1 Å². The van der Waals surface area contributed by atoms with E-state index in [0.29, 0.717) is 12.8 Å². The van der Waals surface area contributed by atoms with Crippen molar-refractivity contribution in [2.45, 2.75) is 37.8 Å². The molecule has 1 aliphatic carbocycles. The Morgan fingerprint density at radius 1 is 1.21 bits per heavy atom. The van der Waals surface area contributed by atoms with E-state index in [4.69, 9.17) is 5.73 Å². The number of nitrogens with one attached hydrogen (secondary N) is 1. The second-order valence-corrected chi connectivity index (χ2v) is 8.79. The van der Waals surface area contributed by atoms with Gasteiger partial charge in [-0.3, -0.25) is 19.7 Å². The summed E-state index contributed by atoms with van der Waals surface area (Å²) in [4.78, 5) is 35.1. The smallest absolute Gasteiger partial charge is 0.411 e. The summed E-state index contributed by atoms with van der Waals surface area (Å²) in [7, 11) is 0. The molecule has 1 saturated carbocycles. The lowest BCUT2D eigenvalue weighted by molar-refractivity contribution is -0.134. The number of fused-ring (bicyclic) bond motifs is 2. The molecule has 1 fully saturated rings. The minimum Gasteiger partial charge on any atom is -0.465 e. The summed E-state index contributed by atoms with van der Waals surface area (Å²) in [6.45, 7) is 0. The van der Waals surface area contributed by atoms with E-state index in [1.807, 2.05) is 30.3 Å². The number of carbonyl (C=O) groups is 2. The van der Waals surface area contributed by atoms with Gasteiger partial charge in [-0.05, 0) is 54.7 Å². The highest BCUT2D eigenvalue weighted by Crippen LogP contribution is 2.51. The number of pyridine rings is 2. The van der Waals surface area contributed by atoms with Gasteiger partial charge in [-0.15, -0.1) is 0 Å². The Morgan fingerprint density at radius 2 is 2.06 bits per heavy atom. The number of anilines is 1. The molecule has 0 radical (unpaired) electrons. The topological polar surface area (TPSA) is 121 Å². The number of para-hydroxylation sites is 1. The van der Waals surface area contributed by atoms with Crippen LogP contribution >= 0.6 is 0 Å². The largest absolute Gasteiger partial charge is 0.465 e. The van der Waals surface area contributed by atoms with Gasteiger partial charge in [0.05, 0.1) is 28.9 Å². The average molecular weight is 444 g/mol. The maximum Gasteiger partial charge on any atom is 0.411 e.